The van der Waals surface area contributed by atoms with Crippen LogP contribution in [0.1, 0.15) is 5.69 Å². The molecule has 0 amide bonds. The third-order valence-corrected chi connectivity index (χ3v) is 10.6. The summed E-state index contributed by atoms with van der Waals surface area (Å²) in [5.41, 5.74) is 13.4. The van der Waals surface area contributed by atoms with E-state index in [4.69, 9.17) is 15.0 Å². The van der Waals surface area contributed by atoms with Crippen LogP contribution in [0, 0.1) is 0 Å². The van der Waals surface area contributed by atoms with Gasteiger partial charge in [-0.3, -0.25) is 4.57 Å². The van der Waals surface area contributed by atoms with Gasteiger partial charge in [0, 0.05) is 49.8 Å². The predicted molar refractivity (Wildman–Crippen MR) is 220 cm³/mol. The van der Waals surface area contributed by atoms with Crippen LogP contribution in [0.2, 0.25) is 0 Å². The van der Waals surface area contributed by atoms with Gasteiger partial charge in [-0.1, -0.05) is 127 Å². The zero-order valence-corrected chi connectivity index (χ0v) is 29.2. The number of nitrogens with zero attached hydrogens (tertiary/aromatic N) is 5. The van der Waals surface area contributed by atoms with E-state index in [1.165, 1.54) is 38.5 Å². The Morgan fingerprint density at radius 1 is 0.426 bits per heavy atom. The average molecular weight is 693 g/mol. The molecule has 6 heteroatoms. The first-order valence-electron chi connectivity index (χ1n) is 18.3. The molecule has 0 saturated heterocycles. The van der Waals surface area contributed by atoms with E-state index in [2.05, 4.69) is 154 Å². The van der Waals surface area contributed by atoms with Crippen molar-refractivity contribution in [3.05, 3.63) is 182 Å². The van der Waals surface area contributed by atoms with Crippen LogP contribution in [0.4, 0.5) is 5.69 Å². The highest BCUT2D eigenvalue weighted by Crippen LogP contribution is 2.45. The van der Waals surface area contributed by atoms with Crippen molar-refractivity contribution in [3.63, 3.8) is 0 Å². The Bertz CT molecular complexity index is 2980. The maximum Gasteiger partial charge on any atom is 0.238 e. The minimum Gasteiger partial charge on any atom is -0.379 e. The van der Waals surface area contributed by atoms with Gasteiger partial charge >= 0.3 is 0 Å². The number of hydrogen-bond acceptors (Lipinski definition) is 4. The van der Waals surface area contributed by atoms with Gasteiger partial charge in [0.05, 0.1) is 28.8 Å². The second kappa shape index (κ2) is 12.1. The fourth-order valence-corrected chi connectivity index (χ4v) is 8.16. The molecular weight excluding hydrogens is 661 g/mol. The standard InChI is InChI=1S/C48H32N6/c1-4-14-31(15-5-1)46-50-47(32-16-6-2-7-17-32)52-48(51-46)54-43-27-25-34(29-39(43)45-37-21-10-12-22-40(37)49-30-44(45)54)33-24-26-42-38(28-33)36-20-11-13-23-41(36)53(42)35-18-8-3-9-19-35/h1-29,49H,30H2. The summed E-state index contributed by atoms with van der Waals surface area (Å²) in [6.45, 7) is 0.633. The monoisotopic (exact) mass is 692 g/mol. The van der Waals surface area contributed by atoms with Crippen molar-refractivity contribution in [1.82, 2.24) is 24.1 Å². The van der Waals surface area contributed by atoms with Crippen LogP contribution in [0.15, 0.2) is 176 Å². The number of rotatable bonds is 5. The average Bonchev–Trinajstić information content (AvgIpc) is 3.77. The molecule has 254 valence electrons. The van der Waals surface area contributed by atoms with Crippen molar-refractivity contribution in [2.45, 2.75) is 6.54 Å². The van der Waals surface area contributed by atoms with Crippen LogP contribution < -0.4 is 5.32 Å². The zero-order valence-electron chi connectivity index (χ0n) is 29.2. The van der Waals surface area contributed by atoms with E-state index in [1.54, 1.807) is 0 Å². The van der Waals surface area contributed by atoms with Crippen LogP contribution in [0.5, 0.6) is 0 Å². The van der Waals surface area contributed by atoms with Gasteiger partial charge in [0.15, 0.2) is 11.6 Å². The second-order valence-electron chi connectivity index (χ2n) is 13.7. The first-order valence-corrected chi connectivity index (χ1v) is 18.3. The summed E-state index contributed by atoms with van der Waals surface area (Å²) in [4.78, 5) is 15.3. The Hall–Kier alpha value is -7.31. The van der Waals surface area contributed by atoms with Crippen LogP contribution in [-0.4, -0.2) is 24.1 Å². The molecule has 54 heavy (non-hydrogen) atoms. The third-order valence-electron chi connectivity index (χ3n) is 10.6. The van der Waals surface area contributed by atoms with Gasteiger partial charge in [-0.15, -0.1) is 0 Å². The Kier molecular flexibility index (Phi) is 6.82. The highest BCUT2D eigenvalue weighted by molar-refractivity contribution is 6.11. The highest BCUT2D eigenvalue weighted by Gasteiger charge is 2.27. The molecule has 4 heterocycles. The lowest BCUT2D eigenvalue weighted by atomic mass is 9.95. The molecule has 3 aromatic heterocycles. The summed E-state index contributed by atoms with van der Waals surface area (Å²) in [6, 6.07) is 61.9. The number of fused-ring (bicyclic) bond motifs is 8. The van der Waals surface area contributed by atoms with Gasteiger partial charge in [0.25, 0.3) is 0 Å². The van der Waals surface area contributed by atoms with Gasteiger partial charge in [0.1, 0.15) is 0 Å². The van der Waals surface area contributed by atoms with Crippen LogP contribution in [-0.2, 0) is 6.54 Å². The summed E-state index contributed by atoms with van der Waals surface area (Å²) >= 11 is 0. The molecule has 0 aliphatic carbocycles. The van der Waals surface area contributed by atoms with Crippen molar-refractivity contribution in [3.8, 4) is 56.7 Å². The minimum atomic E-state index is 0.595. The highest BCUT2D eigenvalue weighted by atomic mass is 15.2. The van der Waals surface area contributed by atoms with E-state index in [0.29, 0.717) is 24.1 Å². The first kappa shape index (κ1) is 30.3. The fraction of sp³-hybridized carbons (Fsp3) is 0.0208. The van der Waals surface area contributed by atoms with Crippen LogP contribution in [0.25, 0.3) is 89.4 Å². The smallest absolute Gasteiger partial charge is 0.238 e. The van der Waals surface area contributed by atoms with Gasteiger partial charge in [-0.05, 0) is 59.7 Å². The van der Waals surface area contributed by atoms with Crippen molar-refractivity contribution in [2.75, 3.05) is 5.32 Å². The molecule has 0 unspecified atom stereocenters. The Morgan fingerprint density at radius 2 is 0.981 bits per heavy atom. The molecule has 1 aliphatic heterocycles. The second-order valence-corrected chi connectivity index (χ2v) is 13.7. The van der Waals surface area contributed by atoms with Gasteiger partial charge in [-0.25, -0.2) is 4.98 Å². The molecule has 0 spiro atoms. The lowest BCUT2D eigenvalue weighted by Crippen LogP contribution is -2.14. The summed E-state index contributed by atoms with van der Waals surface area (Å²) in [5, 5.41) is 7.31. The van der Waals surface area contributed by atoms with Crippen LogP contribution in [0.3, 0.4) is 0 Å². The Morgan fingerprint density at radius 3 is 1.69 bits per heavy atom. The van der Waals surface area contributed by atoms with E-state index in [1.807, 2.05) is 36.4 Å². The number of nitrogens with one attached hydrogen (secondary N) is 1. The van der Waals surface area contributed by atoms with Crippen molar-refractivity contribution < 1.29 is 0 Å². The number of benzene rings is 7. The van der Waals surface area contributed by atoms with Crippen molar-refractivity contribution in [2.24, 2.45) is 0 Å². The maximum atomic E-state index is 5.17. The number of para-hydroxylation sites is 3. The SMILES string of the molecule is c1ccc(-c2nc(-c3ccccc3)nc(-n3c4c(c5cc(-c6ccc7c(c6)c6ccccc6n7-c6ccccc6)ccc53)-c3ccccc3NC4)n2)cc1. The lowest BCUT2D eigenvalue weighted by molar-refractivity contribution is 0.874. The topological polar surface area (TPSA) is 60.6 Å². The Labute approximate surface area is 311 Å². The van der Waals surface area contributed by atoms with E-state index in [-0.39, 0.29) is 0 Å². The van der Waals surface area contributed by atoms with Gasteiger partial charge < -0.3 is 9.88 Å². The quantitative estimate of drug-likeness (QED) is 0.195. The molecule has 11 rings (SSSR count). The van der Waals surface area contributed by atoms with Crippen LogP contribution >= 0.6 is 0 Å². The first-order chi connectivity index (χ1) is 26.8. The third kappa shape index (κ3) is 4.77. The summed E-state index contributed by atoms with van der Waals surface area (Å²) in [7, 11) is 0. The normalized spacial score (nSPS) is 12.1. The van der Waals surface area contributed by atoms with Crippen molar-refractivity contribution in [1.29, 1.82) is 0 Å². The molecule has 1 N–H and O–H groups in total. The molecule has 10 aromatic rings. The zero-order chi connectivity index (χ0) is 35.6. The summed E-state index contributed by atoms with van der Waals surface area (Å²) in [6.07, 6.45) is 0. The fourth-order valence-electron chi connectivity index (χ4n) is 8.16. The number of aromatic nitrogens is 5. The largest absolute Gasteiger partial charge is 0.379 e. The van der Waals surface area contributed by atoms with E-state index in [9.17, 15) is 0 Å². The molecule has 6 nitrogen and oxygen atoms in total. The Balaban J connectivity index is 1.14. The molecule has 7 aromatic carbocycles. The van der Waals surface area contributed by atoms with E-state index < -0.39 is 0 Å². The van der Waals surface area contributed by atoms with E-state index in [0.717, 1.165) is 44.7 Å². The summed E-state index contributed by atoms with van der Waals surface area (Å²) < 4.78 is 4.59. The molecule has 0 saturated carbocycles. The number of hydrogen-bond donors (Lipinski definition) is 1. The summed E-state index contributed by atoms with van der Waals surface area (Å²) in [5.74, 6) is 1.87. The van der Waals surface area contributed by atoms with Gasteiger partial charge in [0.2, 0.25) is 5.95 Å². The molecule has 1 aliphatic rings. The lowest BCUT2D eigenvalue weighted by Gasteiger charge is -2.21. The van der Waals surface area contributed by atoms with Gasteiger partial charge in [-0.2, -0.15) is 9.97 Å². The molecule has 0 atom stereocenters. The number of anilines is 1. The van der Waals surface area contributed by atoms with Crippen molar-refractivity contribution >= 4 is 38.4 Å². The maximum absolute atomic E-state index is 5.17. The molecular formula is C48H32N6. The minimum absolute atomic E-state index is 0.595. The molecule has 0 fully saturated rings. The van der Waals surface area contributed by atoms with E-state index >= 15 is 0 Å². The molecule has 0 bridgehead atoms. The molecule has 0 radical (unpaired) electrons. The predicted octanol–water partition coefficient (Wildman–Crippen LogP) is 11.5.